The van der Waals surface area contributed by atoms with Crippen molar-refractivity contribution in [2.45, 2.75) is 6.92 Å². The van der Waals surface area contributed by atoms with Gasteiger partial charge in [-0.15, -0.1) is 0 Å². The van der Waals surface area contributed by atoms with E-state index in [9.17, 15) is 13.2 Å². The van der Waals surface area contributed by atoms with Crippen LogP contribution < -0.4 is 5.32 Å². The first kappa shape index (κ1) is 18.0. The van der Waals surface area contributed by atoms with Crippen LogP contribution in [0.2, 0.25) is 0 Å². The lowest BCUT2D eigenvalue weighted by Gasteiger charge is -2.13. The van der Waals surface area contributed by atoms with Gasteiger partial charge in [-0.3, -0.25) is 4.68 Å². The van der Waals surface area contributed by atoms with Crippen LogP contribution in [0.5, 0.6) is 0 Å². The molecule has 3 nitrogen and oxygen atoms in total. The normalized spacial score (nSPS) is 11.0. The van der Waals surface area contributed by atoms with Gasteiger partial charge in [0.2, 0.25) is 0 Å². The second-order valence-corrected chi connectivity index (χ2v) is 7.13. The topological polar surface area (TPSA) is 29.9 Å². The number of hydrogen-bond acceptors (Lipinski definition) is 2. The second-order valence-electron chi connectivity index (χ2n) is 5.43. The number of halogens is 5. The molecule has 0 saturated carbocycles. The van der Waals surface area contributed by atoms with Gasteiger partial charge in [0.25, 0.3) is 0 Å². The fourth-order valence-corrected chi connectivity index (χ4v) is 3.65. The molecule has 0 atom stereocenters. The average molecular weight is 475 g/mol. The van der Waals surface area contributed by atoms with Crippen molar-refractivity contribution < 1.29 is 13.2 Å². The van der Waals surface area contributed by atoms with E-state index in [0.29, 0.717) is 27.1 Å². The van der Waals surface area contributed by atoms with Gasteiger partial charge in [-0.25, -0.2) is 13.2 Å². The van der Waals surface area contributed by atoms with Gasteiger partial charge in [-0.2, -0.15) is 5.10 Å². The highest BCUT2D eigenvalue weighted by molar-refractivity contribution is 9.11. The van der Waals surface area contributed by atoms with E-state index in [1.165, 1.54) is 18.2 Å². The molecule has 3 rings (SSSR count). The molecule has 0 aliphatic carbocycles. The number of nitrogens with zero attached hydrogens (tertiary/aromatic N) is 2. The molecule has 0 bridgehead atoms. The number of benzene rings is 2. The van der Waals surface area contributed by atoms with Crippen molar-refractivity contribution in [1.82, 2.24) is 9.78 Å². The molecule has 0 aliphatic rings. The predicted octanol–water partition coefficient (Wildman–Crippen LogP) is 6.08. The lowest BCUT2D eigenvalue weighted by molar-refractivity contribution is 0.584. The van der Waals surface area contributed by atoms with Crippen LogP contribution in [-0.4, -0.2) is 9.78 Å². The average Bonchev–Trinajstić information content (AvgIpc) is 2.77. The van der Waals surface area contributed by atoms with Crippen molar-refractivity contribution in [1.29, 1.82) is 0 Å². The standard InChI is InChI=1S/C17H12Br2F3N3/c1-8-15(11-4-3-9(20)5-12(11)18)17(25(2)24-8)23-16-13(19)6-10(21)7-14(16)22/h3-7,23H,1-2H3. The van der Waals surface area contributed by atoms with Crippen molar-refractivity contribution in [3.05, 3.63) is 62.4 Å². The summed E-state index contributed by atoms with van der Waals surface area (Å²) in [5, 5.41) is 7.31. The van der Waals surface area contributed by atoms with Gasteiger partial charge >= 0.3 is 0 Å². The number of hydrogen-bond donors (Lipinski definition) is 1. The lowest BCUT2D eigenvalue weighted by atomic mass is 10.1. The zero-order valence-electron chi connectivity index (χ0n) is 13.2. The predicted molar refractivity (Wildman–Crippen MR) is 98.4 cm³/mol. The van der Waals surface area contributed by atoms with Gasteiger partial charge in [-0.1, -0.05) is 22.0 Å². The van der Waals surface area contributed by atoms with E-state index in [1.54, 1.807) is 24.7 Å². The van der Waals surface area contributed by atoms with E-state index in [-0.39, 0.29) is 16.0 Å². The maximum Gasteiger partial charge on any atom is 0.150 e. The van der Waals surface area contributed by atoms with E-state index in [1.807, 2.05) is 0 Å². The Kier molecular flexibility index (Phi) is 4.92. The molecule has 1 aromatic heterocycles. The molecule has 8 heteroatoms. The summed E-state index contributed by atoms with van der Waals surface area (Å²) in [5.74, 6) is -1.30. The second kappa shape index (κ2) is 6.84. The van der Waals surface area contributed by atoms with Gasteiger partial charge in [0.05, 0.1) is 11.4 Å². The maximum atomic E-state index is 14.2. The number of aryl methyl sites for hydroxylation is 2. The van der Waals surface area contributed by atoms with E-state index in [2.05, 4.69) is 42.3 Å². The first-order chi connectivity index (χ1) is 11.8. The lowest BCUT2D eigenvalue weighted by Crippen LogP contribution is -2.03. The minimum Gasteiger partial charge on any atom is -0.337 e. The molecule has 25 heavy (non-hydrogen) atoms. The van der Waals surface area contributed by atoms with Crippen LogP contribution in [0.1, 0.15) is 5.69 Å². The van der Waals surface area contributed by atoms with Crippen molar-refractivity contribution in [3.63, 3.8) is 0 Å². The van der Waals surface area contributed by atoms with Gasteiger partial charge in [0.1, 0.15) is 17.5 Å². The van der Waals surface area contributed by atoms with Crippen LogP contribution in [0.15, 0.2) is 39.3 Å². The third kappa shape index (κ3) is 3.46. The monoisotopic (exact) mass is 473 g/mol. The Hall–Kier alpha value is -1.80. The van der Waals surface area contributed by atoms with Crippen LogP contribution in [0.3, 0.4) is 0 Å². The molecule has 0 spiro atoms. The first-order valence-electron chi connectivity index (χ1n) is 7.18. The number of rotatable bonds is 3. The third-order valence-corrected chi connectivity index (χ3v) is 4.95. The summed E-state index contributed by atoms with van der Waals surface area (Å²) in [6.07, 6.45) is 0. The fraction of sp³-hybridized carbons (Fsp3) is 0.118. The molecule has 0 fully saturated rings. The molecule has 2 aromatic carbocycles. The van der Waals surface area contributed by atoms with Crippen LogP contribution in [0, 0.1) is 24.4 Å². The first-order valence-corrected chi connectivity index (χ1v) is 8.77. The highest BCUT2D eigenvalue weighted by Gasteiger charge is 2.20. The summed E-state index contributed by atoms with van der Waals surface area (Å²) >= 11 is 6.51. The minimum atomic E-state index is -0.741. The molecule has 0 saturated heterocycles. The van der Waals surface area contributed by atoms with Crippen LogP contribution in [-0.2, 0) is 7.05 Å². The summed E-state index contributed by atoms with van der Waals surface area (Å²) < 4.78 is 43.2. The molecule has 0 amide bonds. The Balaban J connectivity index is 2.16. The molecule has 1 N–H and O–H groups in total. The number of nitrogens with one attached hydrogen (secondary N) is 1. The minimum absolute atomic E-state index is 0.0869. The Labute approximate surface area is 159 Å². The van der Waals surface area contributed by atoms with E-state index < -0.39 is 11.6 Å². The highest BCUT2D eigenvalue weighted by Crippen LogP contribution is 2.39. The van der Waals surface area contributed by atoms with Crippen LogP contribution >= 0.6 is 31.9 Å². The van der Waals surface area contributed by atoms with Crippen molar-refractivity contribution in [3.8, 4) is 11.1 Å². The van der Waals surface area contributed by atoms with Crippen molar-refractivity contribution >= 4 is 43.4 Å². The zero-order valence-corrected chi connectivity index (χ0v) is 16.3. The summed E-state index contributed by atoms with van der Waals surface area (Å²) in [5.41, 5.74) is 2.15. The Bertz CT molecular complexity index is 947. The fourth-order valence-electron chi connectivity index (χ4n) is 2.60. The molecule has 0 unspecified atom stereocenters. The molecular weight excluding hydrogens is 463 g/mol. The number of anilines is 2. The number of aromatic nitrogens is 2. The molecule has 0 radical (unpaired) electrons. The zero-order chi connectivity index (χ0) is 18.3. The molecule has 0 aliphatic heterocycles. The smallest absolute Gasteiger partial charge is 0.150 e. The molecule has 130 valence electrons. The SMILES string of the molecule is Cc1nn(C)c(Nc2c(F)cc(F)cc2Br)c1-c1ccc(F)cc1Br. The Morgan fingerprint density at radius 1 is 1.00 bits per heavy atom. The van der Waals surface area contributed by atoms with Gasteiger partial charge in [-0.05, 0) is 41.1 Å². The van der Waals surface area contributed by atoms with Gasteiger partial charge in [0.15, 0.2) is 5.82 Å². The van der Waals surface area contributed by atoms with Gasteiger partial charge in [0, 0.05) is 33.2 Å². The van der Waals surface area contributed by atoms with Crippen molar-refractivity contribution in [2.75, 3.05) is 5.32 Å². The van der Waals surface area contributed by atoms with E-state index in [4.69, 9.17) is 0 Å². The third-order valence-electron chi connectivity index (χ3n) is 3.67. The Morgan fingerprint density at radius 3 is 2.32 bits per heavy atom. The largest absolute Gasteiger partial charge is 0.337 e. The summed E-state index contributed by atoms with van der Waals surface area (Å²) in [6.45, 7) is 1.80. The molecule has 3 aromatic rings. The molecule has 1 heterocycles. The summed E-state index contributed by atoms with van der Waals surface area (Å²) in [6, 6.07) is 6.27. The van der Waals surface area contributed by atoms with Crippen LogP contribution in [0.4, 0.5) is 24.7 Å². The summed E-state index contributed by atoms with van der Waals surface area (Å²) in [4.78, 5) is 0. The highest BCUT2D eigenvalue weighted by atomic mass is 79.9. The van der Waals surface area contributed by atoms with E-state index >= 15 is 0 Å². The van der Waals surface area contributed by atoms with E-state index in [0.717, 1.165) is 6.07 Å². The quantitative estimate of drug-likeness (QED) is 0.498. The van der Waals surface area contributed by atoms with Crippen molar-refractivity contribution in [2.24, 2.45) is 7.05 Å². The van der Waals surface area contributed by atoms with Crippen LogP contribution in [0.25, 0.3) is 11.1 Å². The Morgan fingerprint density at radius 2 is 1.68 bits per heavy atom. The molecular formula is C17H12Br2F3N3. The maximum absolute atomic E-state index is 14.2. The van der Waals surface area contributed by atoms with Gasteiger partial charge < -0.3 is 5.32 Å². The summed E-state index contributed by atoms with van der Waals surface area (Å²) in [7, 11) is 1.70.